The van der Waals surface area contributed by atoms with Gasteiger partial charge in [-0.2, -0.15) is 0 Å². The van der Waals surface area contributed by atoms with Crippen LogP contribution in [0.15, 0.2) is 84.9 Å². The van der Waals surface area contributed by atoms with E-state index in [4.69, 9.17) is 0 Å². The highest BCUT2D eigenvalue weighted by Gasteiger charge is 2.12. The second-order valence-corrected chi connectivity index (χ2v) is 7.06. The molecule has 0 spiro atoms. The molecule has 0 aliphatic carbocycles. The number of urea groups is 1. The molecule has 0 bridgehead atoms. The number of amides is 3. The monoisotopic (exact) mass is 429 g/mol. The predicted octanol–water partition coefficient (Wildman–Crippen LogP) is 3.23. The normalized spacial score (nSPS) is 10.1. The topological polar surface area (TPSA) is 104 Å². The predicted molar refractivity (Wildman–Crippen MR) is 122 cm³/mol. The summed E-state index contributed by atoms with van der Waals surface area (Å²) in [5, 5.41) is 7.72. The van der Waals surface area contributed by atoms with Crippen LogP contribution in [0.3, 0.4) is 0 Å². The fourth-order valence-electron chi connectivity index (χ4n) is 2.93. The van der Waals surface area contributed by atoms with Crippen molar-refractivity contribution in [1.29, 1.82) is 0 Å². The Morgan fingerprint density at radius 1 is 0.625 bits per heavy atom. The summed E-state index contributed by atoms with van der Waals surface area (Å²) in [6.07, 6.45) is 0.249. The Bertz CT molecular complexity index is 993. The number of hydrogen-bond acceptors (Lipinski definition) is 4. The molecule has 3 aromatic rings. The van der Waals surface area contributed by atoms with E-state index < -0.39 is 11.9 Å². The maximum Gasteiger partial charge on any atom is 0.319 e. The fraction of sp³-hybridized carbons (Fsp3) is 0.120. The maximum absolute atomic E-state index is 12.3. The fourth-order valence-corrected chi connectivity index (χ4v) is 2.93. The molecule has 3 amide bonds. The van der Waals surface area contributed by atoms with E-state index in [1.54, 1.807) is 24.3 Å². The standard InChI is InChI=1S/C25H23N3O4/c29-22(15-18-7-3-1-4-8-18)16-26-24(31)20-13-11-19(12-14-20)23(30)17-27-25(32)28-21-9-5-2-6-10-21/h1-14H,15-17H2,(H,26,31)(H2,27,28,32). The van der Waals surface area contributed by atoms with Crippen molar-refractivity contribution in [2.45, 2.75) is 6.42 Å². The molecule has 3 rings (SSSR count). The number of anilines is 1. The number of Topliss-reactive ketones (excluding diaryl/α,β-unsaturated/α-hetero) is 2. The van der Waals surface area contributed by atoms with Crippen LogP contribution in [-0.4, -0.2) is 36.6 Å². The highest BCUT2D eigenvalue weighted by atomic mass is 16.2. The van der Waals surface area contributed by atoms with Crippen LogP contribution in [0.5, 0.6) is 0 Å². The van der Waals surface area contributed by atoms with Crippen LogP contribution in [0.1, 0.15) is 26.3 Å². The Morgan fingerprint density at radius 3 is 1.88 bits per heavy atom. The quantitative estimate of drug-likeness (QED) is 0.454. The van der Waals surface area contributed by atoms with Crippen LogP contribution in [-0.2, 0) is 11.2 Å². The van der Waals surface area contributed by atoms with E-state index in [-0.39, 0.29) is 31.1 Å². The van der Waals surface area contributed by atoms with E-state index in [1.165, 1.54) is 24.3 Å². The minimum atomic E-state index is -0.485. The van der Waals surface area contributed by atoms with E-state index >= 15 is 0 Å². The molecule has 3 N–H and O–H groups in total. The third-order valence-electron chi connectivity index (χ3n) is 4.60. The smallest absolute Gasteiger partial charge is 0.319 e. The number of ketones is 2. The lowest BCUT2D eigenvalue weighted by molar-refractivity contribution is -0.117. The molecule has 0 radical (unpaired) electrons. The van der Waals surface area contributed by atoms with Crippen molar-refractivity contribution in [2.75, 3.05) is 18.4 Å². The van der Waals surface area contributed by atoms with E-state index in [0.29, 0.717) is 16.8 Å². The molecular formula is C25H23N3O4. The highest BCUT2D eigenvalue weighted by Crippen LogP contribution is 2.07. The molecule has 0 saturated carbocycles. The van der Waals surface area contributed by atoms with Gasteiger partial charge in [-0.15, -0.1) is 0 Å². The first-order valence-electron chi connectivity index (χ1n) is 10.1. The Kier molecular flexibility index (Phi) is 7.86. The molecule has 0 aliphatic rings. The summed E-state index contributed by atoms with van der Waals surface area (Å²) in [6, 6.07) is 23.7. The summed E-state index contributed by atoms with van der Waals surface area (Å²) in [7, 11) is 0. The number of nitrogens with one attached hydrogen (secondary N) is 3. The number of para-hydroxylation sites is 1. The van der Waals surface area contributed by atoms with Crippen molar-refractivity contribution >= 4 is 29.2 Å². The second-order valence-electron chi connectivity index (χ2n) is 7.06. The number of hydrogen-bond donors (Lipinski definition) is 3. The summed E-state index contributed by atoms with van der Waals surface area (Å²) >= 11 is 0. The van der Waals surface area contributed by atoms with Crippen molar-refractivity contribution in [2.24, 2.45) is 0 Å². The summed E-state index contributed by atoms with van der Waals surface area (Å²) in [5.41, 5.74) is 2.21. The van der Waals surface area contributed by atoms with Crippen molar-refractivity contribution in [3.05, 3.63) is 102 Å². The lowest BCUT2D eigenvalue weighted by Gasteiger charge is -2.08. The molecule has 32 heavy (non-hydrogen) atoms. The van der Waals surface area contributed by atoms with Gasteiger partial charge in [-0.1, -0.05) is 60.7 Å². The first-order chi connectivity index (χ1) is 15.5. The molecule has 162 valence electrons. The largest absolute Gasteiger partial charge is 0.345 e. The molecule has 0 unspecified atom stereocenters. The zero-order chi connectivity index (χ0) is 22.8. The molecule has 0 heterocycles. The van der Waals surface area contributed by atoms with Gasteiger partial charge in [0.15, 0.2) is 11.6 Å². The molecule has 3 aromatic carbocycles. The van der Waals surface area contributed by atoms with Crippen molar-refractivity contribution in [1.82, 2.24) is 10.6 Å². The third kappa shape index (κ3) is 6.91. The maximum atomic E-state index is 12.3. The summed E-state index contributed by atoms with van der Waals surface area (Å²) in [4.78, 5) is 48.5. The molecule has 7 nitrogen and oxygen atoms in total. The van der Waals surface area contributed by atoms with Gasteiger partial charge in [0.25, 0.3) is 5.91 Å². The van der Waals surface area contributed by atoms with Gasteiger partial charge in [0.2, 0.25) is 0 Å². The van der Waals surface area contributed by atoms with Gasteiger partial charge in [0.1, 0.15) is 0 Å². The zero-order valence-corrected chi connectivity index (χ0v) is 17.3. The van der Waals surface area contributed by atoms with Gasteiger partial charge in [-0.05, 0) is 29.8 Å². The Hall–Kier alpha value is -4.26. The first kappa shape index (κ1) is 22.4. The third-order valence-corrected chi connectivity index (χ3v) is 4.60. The van der Waals surface area contributed by atoms with Crippen LogP contribution < -0.4 is 16.0 Å². The van der Waals surface area contributed by atoms with Crippen LogP contribution >= 0.6 is 0 Å². The molecule has 0 saturated heterocycles. The van der Waals surface area contributed by atoms with Gasteiger partial charge in [0.05, 0.1) is 13.1 Å². The summed E-state index contributed by atoms with van der Waals surface area (Å²) in [5.74, 6) is -0.791. The zero-order valence-electron chi connectivity index (χ0n) is 17.3. The average molecular weight is 429 g/mol. The lowest BCUT2D eigenvalue weighted by atomic mass is 10.1. The summed E-state index contributed by atoms with van der Waals surface area (Å²) < 4.78 is 0. The van der Waals surface area contributed by atoms with E-state index in [0.717, 1.165) is 5.56 Å². The van der Waals surface area contributed by atoms with Crippen molar-refractivity contribution in [3.8, 4) is 0 Å². The Labute approximate surface area is 185 Å². The van der Waals surface area contributed by atoms with E-state index in [1.807, 2.05) is 36.4 Å². The molecule has 0 aromatic heterocycles. The highest BCUT2D eigenvalue weighted by molar-refractivity contribution is 6.02. The van der Waals surface area contributed by atoms with Gasteiger partial charge >= 0.3 is 6.03 Å². The molecule has 7 heteroatoms. The Balaban J connectivity index is 1.44. The minimum absolute atomic E-state index is 0.0745. The van der Waals surface area contributed by atoms with Gasteiger partial charge in [-0.25, -0.2) is 4.79 Å². The van der Waals surface area contributed by atoms with Crippen molar-refractivity contribution < 1.29 is 19.2 Å². The summed E-state index contributed by atoms with van der Waals surface area (Å²) in [6.45, 7) is -0.257. The van der Waals surface area contributed by atoms with Crippen LogP contribution in [0.4, 0.5) is 10.5 Å². The number of carbonyl (C=O) groups is 4. The minimum Gasteiger partial charge on any atom is -0.345 e. The van der Waals surface area contributed by atoms with Crippen molar-refractivity contribution in [3.63, 3.8) is 0 Å². The first-order valence-corrected chi connectivity index (χ1v) is 10.1. The second kappa shape index (κ2) is 11.2. The molecule has 0 fully saturated rings. The number of carbonyl (C=O) groups excluding carboxylic acids is 4. The number of rotatable bonds is 9. The molecular weight excluding hydrogens is 406 g/mol. The average Bonchev–Trinajstić information content (AvgIpc) is 2.82. The number of benzene rings is 3. The van der Waals surface area contributed by atoms with Gasteiger partial charge in [-0.3, -0.25) is 14.4 Å². The van der Waals surface area contributed by atoms with Gasteiger partial charge < -0.3 is 16.0 Å². The van der Waals surface area contributed by atoms with E-state index in [2.05, 4.69) is 16.0 Å². The molecule has 0 aliphatic heterocycles. The van der Waals surface area contributed by atoms with E-state index in [9.17, 15) is 19.2 Å². The van der Waals surface area contributed by atoms with Crippen LogP contribution in [0, 0.1) is 0 Å². The van der Waals surface area contributed by atoms with Crippen LogP contribution in [0.2, 0.25) is 0 Å². The van der Waals surface area contributed by atoms with Gasteiger partial charge in [0, 0.05) is 23.2 Å². The Morgan fingerprint density at radius 2 is 1.22 bits per heavy atom. The van der Waals surface area contributed by atoms with Crippen LogP contribution in [0.25, 0.3) is 0 Å². The lowest BCUT2D eigenvalue weighted by Crippen LogP contribution is -2.33. The SMILES string of the molecule is O=C(CNC(=O)c1ccc(C(=O)CNC(=O)Nc2ccccc2)cc1)Cc1ccccc1. The molecule has 0 atom stereocenters.